The lowest BCUT2D eigenvalue weighted by atomic mass is 10.3. The summed E-state index contributed by atoms with van der Waals surface area (Å²) in [6, 6.07) is 0. The molecular formula is C7H5N3S. The molecule has 54 valence electrons. The fourth-order valence-corrected chi connectivity index (χ4v) is 1.10. The van der Waals surface area contributed by atoms with E-state index in [9.17, 15) is 0 Å². The van der Waals surface area contributed by atoms with Crippen molar-refractivity contribution >= 4 is 23.3 Å². The maximum atomic E-state index is 4.92. The van der Waals surface area contributed by atoms with Gasteiger partial charge in [0.05, 0.1) is 0 Å². The number of hydrogen-bond donors (Lipinski definition) is 0. The van der Waals surface area contributed by atoms with Gasteiger partial charge in [-0.3, -0.25) is 0 Å². The molecule has 1 aliphatic rings. The molecule has 1 aromatic rings. The van der Waals surface area contributed by atoms with Gasteiger partial charge in [-0.1, -0.05) is 18.3 Å². The quantitative estimate of drug-likeness (QED) is 0.489. The molecule has 1 aliphatic heterocycles. The predicted molar refractivity (Wildman–Crippen MR) is 44.5 cm³/mol. The van der Waals surface area contributed by atoms with Crippen LogP contribution in [0, 0.1) is 0 Å². The van der Waals surface area contributed by atoms with Crippen LogP contribution in [0.25, 0.3) is 6.08 Å². The number of nitrogens with zero attached hydrogens (tertiary/aromatic N) is 3. The molecule has 11 heavy (non-hydrogen) atoms. The Bertz CT molecular complexity index is 410. The minimum absolute atomic E-state index is 0.691. The highest BCUT2D eigenvalue weighted by Gasteiger charge is 1.98. The number of fused-ring (bicyclic) bond motifs is 1. The third-order valence-corrected chi connectivity index (χ3v) is 1.70. The van der Waals surface area contributed by atoms with Crippen molar-refractivity contribution in [1.29, 1.82) is 0 Å². The molecule has 3 nitrogen and oxygen atoms in total. The van der Waals surface area contributed by atoms with Crippen molar-refractivity contribution < 1.29 is 0 Å². The summed E-state index contributed by atoms with van der Waals surface area (Å²) in [5.74, 6) is 0. The number of rotatable bonds is 0. The monoisotopic (exact) mass is 163 g/mol. The van der Waals surface area contributed by atoms with Crippen LogP contribution in [0.1, 0.15) is 6.42 Å². The van der Waals surface area contributed by atoms with Gasteiger partial charge in [-0.05, 0) is 0 Å². The van der Waals surface area contributed by atoms with Gasteiger partial charge in [-0.15, -0.1) is 0 Å². The molecule has 4 heteroatoms. The summed E-state index contributed by atoms with van der Waals surface area (Å²) >= 11 is 4.92. The molecule has 1 aromatic heterocycles. The Morgan fingerprint density at radius 3 is 3.27 bits per heavy atom. The minimum atomic E-state index is 0.691. The van der Waals surface area contributed by atoms with E-state index in [4.69, 9.17) is 12.2 Å². The van der Waals surface area contributed by atoms with Crippen LogP contribution < -0.4 is 10.7 Å². The van der Waals surface area contributed by atoms with E-state index in [1.54, 1.807) is 6.20 Å². The van der Waals surface area contributed by atoms with Crippen LogP contribution in [0.15, 0.2) is 17.5 Å². The Morgan fingerprint density at radius 2 is 2.36 bits per heavy atom. The second-order valence-electron chi connectivity index (χ2n) is 2.22. The Kier molecular flexibility index (Phi) is 1.47. The van der Waals surface area contributed by atoms with Crippen molar-refractivity contribution in [2.45, 2.75) is 6.42 Å². The zero-order valence-corrected chi connectivity index (χ0v) is 6.51. The molecule has 0 aromatic carbocycles. The van der Waals surface area contributed by atoms with Crippen LogP contribution in [0.3, 0.4) is 0 Å². The second-order valence-corrected chi connectivity index (χ2v) is 2.69. The third-order valence-electron chi connectivity index (χ3n) is 1.45. The number of aromatic nitrogens is 2. The van der Waals surface area contributed by atoms with Crippen molar-refractivity contribution in [2.75, 3.05) is 0 Å². The third kappa shape index (κ3) is 1.17. The minimum Gasteiger partial charge on any atom is -0.244 e. The average molecular weight is 163 g/mol. The van der Waals surface area contributed by atoms with Crippen molar-refractivity contribution in [2.24, 2.45) is 4.99 Å². The average Bonchev–Trinajstić information content (AvgIpc) is 2.04. The maximum Gasteiger partial charge on any atom is 0.163 e. The summed E-state index contributed by atoms with van der Waals surface area (Å²) in [7, 11) is 0. The fourth-order valence-electron chi connectivity index (χ4n) is 0.932. The first kappa shape index (κ1) is 6.54. The fraction of sp³-hybridized carbons (Fsp3) is 0.143. The first-order valence-corrected chi connectivity index (χ1v) is 3.65. The highest BCUT2D eigenvalue weighted by Crippen LogP contribution is 1.90. The molecule has 2 heterocycles. The molecule has 0 unspecified atom stereocenters. The zero-order valence-electron chi connectivity index (χ0n) is 5.69. The molecule has 0 amide bonds. The van der Waals surface area contributed by atoms with Gasteiger partial charge in [0, 0.05) is 17.8 Å². The smallest absolute Gasteiger partial charge is 0.163 e. The van der Waals surface area contributed by atoms with Crippen molar-refractivity contribution in [3.8, 4) is 0 Å². The molecule has 0 aliphatic carbocycles. The van der Waals surface area contributed by atoms with Crippen LogP contribution in [0.4, 0.5) is 0 Å². The van der Waals surface area contributed by atoms with Gasteiger partial charge >= 0.3 is 0 Å². The molecular weight excluding hydrogens is 158 g/mol. The summed E-state index contributed by atoms with van der Waals surface area (Å²) in [6.45, 7) is 0. The molecule has 0 bridgehead atoms. The summed E-state index contributed by atoms with van der Waals surface area (Å²) < 4.78 is 0. The second kappa shape index (κ2) is 2.47. The molecule has 2 rings (SSSR count). The molecule has 0 saturated carbocycles. The van der Waals surface area contributed by atoms with Crippen molar-refractivity contribution in [3.63, 3.8) is 0 Å². The van der Waals surface area contributed by atoms with Gasteiger partial charge < -0.3 is 0 Å². The van der Waals surface area contributed by atoms with E-state index in [0.717, 1.165) is 11.6 Å². The Balaban J connectivity index is 2.83. The van der Waals surface area contributed by atoms with Gasteiger partial charge in [-0.2, -0.15) is 0 Å². The van der Waals surface area contributed by atoms with Gasteiger partial charge in [0.25, 0.3) is 0 Å². The topological polar surface area (TPSA) is 38.1 Å². The van der Waals surface area contributed by atoms with Crippen molar-refractivity contribution in [3.05, 3.63) is 23.2 Å². The summed E-state index contributed by atoms with van der Waals surface area (Å²) in [6.07, 6.45) is 5.94. The summed E-state index contributed by atoms with van der Waals surface area (Å²) in [4.78, 5) is 12.6. The Hall–Kier alpha value is -1.16. The van der Waals surface area contributed by atoms with E-state index in [0.29, 0.717) is 10.5 Å². The standard InChI is InChI=1S/C7H5N3S/c11-6-2-1-5-3-8-4-9-7(5)10-6/h1,3-4H,2H2. The van der Waals surface area contributed by atoms with Crippen LogP contribution in [-0.2, 0) is 0 Å². The van der Waals surface area contributed by atoms with E-state index in [1.807, 2.05) is 6.08 Å². The SMILES string of the molecule is S=C1CC=c2cncnc2=N1. The highest BCUT2D eigenvalue weighted by atomic mass is 32.1. The van der Waals surface area contributed by atoms with Gasteiger partial charge in [0.15, 0.2) is 5.49 Å². The lowest BCUT2D eigenvalue weighted by Gasteiger charge is -1.96. The lowest BCUT2D eigenvalue weighted by Crippen LogP contribution is -2.32. The first-order valence-electron chi connectivity index (χ1n) is 3.24. The van der Waals surface area contributed by atoms with Gasteiger partial charge in [-0.25, -0.2) is 15.0 Å². The van der Waals surface area contributed by atoms with Gasteiger partial charge in [0.2, 0.25) is 0 Å². The summed E-state index contributed by atoms with van der Waals surface area (Å²) in [5.41, 5.74) is 0.691. The van der Waals surface area contributed by atoms with E-state index in [-0.39, 0.29) is 0 Å². The van der Waals surface area contributed by atoms with Crippen LogP contribution >= 0.6 is 12.2 Å². The van der Waals surface area contributed by atoms with E-state index in [1.165, 1.54) is 6.33 Å². The molecule has 0 spiro atoms. The molecule has 0 N–H and O–H groups in total. The van der Waals surface area contributed by atoms with Gasteiger partial charge in [0.1, 0.15) is 11.3 Å². The predicted octanol–water partition coefficient (Wildman–Crippen LogP) is -0.392. The Morgan fingerprint density at radius 1 is 1.45 bits per heavy atom. The van der Waals surface area contributed by atoms with Crippen LogP contribution in [0.2, 0.25) is 0 Å². The molecule has 0 saturated heterocycles. The number of hydrogen-bond acceptors (Lipinski definition) is 3. The molecule has 0 radical (unpaired) electrons. The van der Waals surface area contributed by atoms with E-state index in [2.05, 4.69) is 15.0 Å². The largest absolute Gasteiger partial charge is 0.244 e. The molecule has 0 atom stereocenters. The molecule has 0 fully saturated rings. The van der Waals surface area contributed by atoms with Crippen molar-refractivity contribution in [1.82, 2.24) is 9.97 Å². The number of thiocarbonyl (C=S) groups is 1. The Labute approximate surface area is 68.5 Å². The van der Waals surface area contributed by atoms with Crippen LogP contribution in [0.5, 0.6) is 0 Å². The maximum absolute atomic E-state index is 4.92. The normalized spacial score (nSPS) is 14.7. The summed E-state index contributed by atoms with van der Waals surface area (Å²) in [5, 5.41) is 0.973. The highest BCUT2D eigenvalue weighted by molar-refractivity contribution is 7.80. The van der Waals surface area contributed by atoms with Crippen LogP contribution in [-0.4, -0.2) is 15.0 Å². The lowest BCUT2D eigenvalue weighted by molar-refractivity contribution is 1.04. The van der Waals surface area contributed by atoms with E-state index >= 15 is 0 Å². The zero-order chi connectivity index (χ0) is 7.68. The first-order chi connectivity index (χ1) is 5.36. The van der Waals surface area contributed by atoms with E-state index < -0.39 is 0 Å².